The van der Waals surface area contributed by atoms with Crippen LogP contribution in [-0.2, 0) is 4.79 Å². The molecule has 0 spiro atoms. The second kappa shape index (κ2) is 7.22. The number of aromatic nitrogens is 2. The van der Waals surface area contributed by atoms with Gasteiger partial charge in [-0.3, -0.25) is 10.1 Å². The Morgan fingerprint density at radius 1 is 1.23 bits per heavy atom. The van der Waals surface area contributed by atoms with E-state index < -0.39 is 6.10 Å². The summed E-state index contributed by atoms with van der Waals surface area (Å²) in [6.45, 7) is 5.74. The number of rotatable bonds is 6. The Hall–Kier alpha value is -2.15. The predicted molar refractivity (Wildman–Crippen MR) is 85.7 cm³/mol. The van der Waals surface area contributed by atoms with Crippen molar-refractivity contribution in [2.24, 2.45) is 0 Å². The van der Waals surface area contributed by atoms with Crippen LogP contribution in [0.5, 0.6) is 11.5 Å². The van der Waals surface area contributed by atoms with Gasteiger partial charge in [-0.1, -0.05) is 31.3 Å². The molecular formula is C15H19N3O3S. The van der Waals surface area contributed by atoms with E-state index in [9.17, 15) is 4.79 Å². The van der Waals surface area contributed by atoms with E-state index in [2.05, 4.69) is 15.5 Å². The summed E-state index contributed by atoms with van der Waals surface area (Å²) in [7, 11) is 1.58. The van der Waals surface area contributed by atoms with Crippen molar-refractivity contribution in [1.82, 2.24) is 10.2 Å². The number of amides is 1. The van der Waals surface area contributed by atoms with Crippen LogP contribution in [0.1, 0.15) is 31.7 Å². The predicted octanol–water partition coefficient (Wildman–Crippen LogP) is 3.08. The highest BCUT2D eigenvalue weighted by molar-refractivity contribution is 7.15. The first-order chi connectivity index (χ1) is 10.5. The Morgan fingerprint density at radius 3 is 2.59 bits per heavy atom. The van der Waals surface area contributed by atoms with Crippen molar-refractivity contribution in [3.8, 4) is 11.5 Å². The lowest BCUT2D eigenvalue weighted by Gasteiger charge is -2.14. The molecule has 1 aromatic heterocycles. The van der Waals surface area contributed by atoms with Crippen LogP contribution >= 0.6 is 11.3 Å². The first-order valence-electron chi connectivity index (χ1n) is 6.94. The molecule has 0 saturated heterocycles. The molecule has 1 unspecified atom stereocenters. The lowest BCUT2D eigenvalue weighted by Crippen LogP contribution is -2.30. The summed E-state index contributed by atoms with van der Waals surface area (Å²) >= 11 is 1.37. The fourth-order valence-electron chi connectivity index (χ4n) is 1.66. The minimum absolute atomic E-state index is 0.269. The summed E-state index contributed by atoms with van der Waals surface area (Å²) in [6.07, 6.45) is -0.654. The molecule has 0 radical (unpaired) electrons. The van der Waals surface area contributed by atoms with Gasteiger partial charge in [0.2, 0.25) is 5.13 Å². The Kier molecular flexibility index (Phi) is 5.32. The lowest BCUT2D eigenvalue weighted by molar-refractivity contribution is -0.122. The molecule has 0 aliphatic heterocycles. The topological polar surface area (TPSA) is 73.3 Å². The summed E-state index contributed by atoms with van der Waals surface area (Å²) in [5.74, 6) is 1.26. The monoisotopic (exact) mass is 321 g/mol. The van der Waals surface area contributed by atoms with Crippen molar-refractivity contribution in [3.05, 3.63) is 29.3 Å². The lowest BCUT2D eigenvalue weighted by atomic mass is 10.2. The van der Waals surface area contributed by atoms with Gasteiger partial charge in [0.25, 0.3) is 5.91 Å². The number of carbonyl (C=O) groups is 1. The van der Waals surface area contributed by atoms with Gasteiger partial charge in [0, 0.05) is 12.0 Å². The van der Waals surface area contributed by atoms with Crippen molar-refractivity contribution < 1.29 is 14.3 Å². The first-order valence-corrected chi connectivity index (χ1v) is 7.76. The van der Waals surface area contributed by atoms with E-state index in [0.29, 0.717) is 16.6 Å². The number of anilines is 1. The van der Waals surface area contributed by atoms with Crippen molar-refractivity contribution in [1.29, 1.82) is 0 Å². The number of benzene rings is 1. The zero-order valence-electron chi connectivity index (χ0n) is 13.0. The number of methoxy groups -OCH3 is 1. The van der Waals surface area contributed by atoms with Gasteiger partial charge in [-0.15, -0.1) is 10.2 Å². The summed E-state index contributed by atoms with van der Waals surface area (Å²) < 4.78 is 10.7. The van der Waals surface area contributed by atoms with Crippen molar-refractivity contribution >= 4 is 22.4 Å². The molecule has 0 aliphatic carbocycles. The summed E-state index contributed by atoms with van der Waals surface area (Å²) in [5, 5.41) is 12.1. The van der Waals surface area contributed by atoms with E-state index in [1.165, 1.54) is 11.3 Å². The third kappa shape index (κ3) is 4.17. The van der Waals surface area contributed by atoms with Crippen LogP contribution in [0.15, 0.2) is 24.3 Å². The highest BCUT2D eigenvalue weighted by Gasteiger charge is 2.17. The first kappa shape index (κ1) is 16.2. The number of hydrogen-bond donors (Lipinski definition) is 1. The Bertz CT molecular complexity index is 642. The minimum atomic E-state index is -0.654. The van der Waals surface area contributed by atoms with Crippen molar-refractivity contribution in [2.75, 3.05) is 12.4 Å². The van der Waals surface area contributed by atoms with E-state index >= 15 is 0 Å². The van der Waals surface area contributed by atoms with Crippen LogP contribution in [0.3, 0.4) is 0 Å². The van der Waals surface area contributed by atoms with Crippen LogP contribution in [0.25, 0.3) is 0 Å². The van der Waals surface area contributed by atoms with Crippen LogP contribution in [0, 0.1) is 0 Å². The number of nitrogens with zero attached hydrogens (tertiary/aromatic N) is 2. The molecule has 0 aliphatic rings. The number of hydrogen-bond acceptors (Lipinski definition) is 6. The fraction of sp³-hybridized carbons (Fsp3) is 0.400. The van der Waals surface area contributed by atoms with Crippen LogP contribution < -0.4 is 14.8 Å². The highest BCUT2D eigenvalue weighted by Crippen LogP contribution is 2.23. The third-order valence-electron chi connectivity index (χ3n) is 2.89. The quantitative estimate of drug-likeness (QED) is 0.885. The zero-order chi connectivity index (χ0) is 16.1. The smallest absolute Gasteiger partial charge is 0.266 e. The maximum Gasteiger partial charge on any atom is 0.266 e. The number of ether oxygens (including phenoxy) is 2. The van der Waals surface area contributed by atoms with Crippen LogP contribution in [0.4, 0.5) is 5.13 Å². The van der Waals surface area contributed by atoms with Gasteiger partial charge in [-0.2, -0.15) is 0 Å². The molecule has 1 heterocycles. The van der Waals surface area contributed by atoms with Gasteiger partial charge in [0.05, 0.1) is 7.11 Å². The Balaban J connectivity index is 1.96. The second-order valence-corrected chi connectivity index (χ2v) is 6.04. The SMILES string of the molecule is COc1cccc(OC(C)C(=O)Nc2nnc(C(C)C)s2)c1. The molecular weight excluding hydrogens is 302 g/mol. The summed E-state index contributed by atoms with van der Waals surface area (Å²) in [5.41, 5.74) is 0. The molecule has 7 heteroatoms. The van der Waals surface area contributed by atoms with Crippen molar-refractivity contribution in [3.63, 3.8) is 0 Å². The van der Waals surface area contributed by atoms with E-state index in [1.807, 2.05) is 19.9 Å². The van der Waals surface area contributed by atoms with Crippen LogP contribution in [-0.4, -0.2) is 29.3 Å². The Morgan fingerprint density at radius 2 is 1.95 bits per heavy atom. The molecule has 1 N–H and O–H groups in total. The van der Waals surface area contributed by atoms with E-state index in [0.717, 1.165) is 5.01 Å². The fourth-order valence-corrected chi connectivity index (χ4v) is 2.41. The summed E-state index contributed by atoms with van der Waals surface area (Å²) in [4.78, 5) is 12.1. The summed E-state index contributed by atoms with van der Waals surface area (Å²) in [6, 6.07) is 7.12. The molecule has 118 valence electrons. The molecule has 0 saturated carbocycles. The molecule has 6 nitrogen and oxygen atoms in total. The van der Waals surface area contributed by atoms with Crippen LogP contribution in [0.2, 0.25) is 0 Å². The number of carbonyl (C=O) groups excluding carboxylic acids is 1. The average molecular weight is 321 g/mol. The van der Waals surface area contributed by atoms with Gasteiger partial charge in [-0.25, -0.2) is 0 Å². The largest absolute Gasteiger partial charge is 0.497 e. The minimum Gasteiger partial charge on any atom is -0.497 e. The number of nitrogens with one attached hydrogen (secondary N) is 1. The molecule has 1 atom stereocenters. The van der Waals surface area contributed by atoms with Gasteiger partial charge in [0.15, 0.2) is 6.10 Å². The maximum atomic E-state index is 12.1. The van der Waals surface area contributed by atoms with E-state index in [-0.39, 0.29) is 11.8 Å². The van der Waals surface area contributed by atoms with Gasteiger partial charge in [0.1, 0.15) is 16.5 Å². The molecule has 2 rings (SSSR count). The van der Waals surface area contributed by atoms with Gasteiger partial charge >= 0.3 is 0 Å². The maximum absolute atomic E-state index is 12.1. The molecule has 22 heavy (non-hydrogen) atoms. The molecule has 1 aromatic carbocycles. The van der Waals surface area contributed by atoms with E-state index in [1.54, 1.807) is 32.2 Å². The molecule has 2 aromatic rings. The second-order valence-electron chi connectivity index (χ2n) is 5.03. The molecule has 1 amide bonds. The van der Waals surface area contributed by atoms with Gasteiger partial charge < -0.3 is 9.47 Å². The van der Waals surface area contributed by atoms with Crippen molar-refractivity contribution in [2.45, 2.75) is 32.8 Å². The highest BCUT2D eigenvalue weighted by atomic mass is 32.1. The normalized spacial score (nSPS) is 12.0. The van der Waals surface area contributed by atoms with Gasteiger partial charge in [-0.05, 0) is 19.1 Å². The Labute approximate surface area is 133 Å². The third-order valence-corrected chi connectivity index (χ3v) is 4.03. The standard InChI is InChI=1S/C15H19N3O3S/c1-9(2)14-17-18-15(22-14)16-13(19)10(3)21-12-7-5-6-11(8-12)20-4/h5-10H,1-4H3,(H,16,18,19). The zero-order valence-corrected chi connectivity index (χ0v) is 13.8. The molecule has 0 fully saturated rings. The average Bonchev–Trinajstić information content (AvgIpc) is 2.96. The van der Waals surface area contributed by atoms with E-state index in [4.69, 9.17) is 9.47 Å². The molecule has 0 bridgehead atoms.